The van der Waals surface area contributed by atoms with Crippen LogP contribution in [0.4, 0.5) is 5.69 Å². The smallest absolute Gasteiger partial charge is 0.102 e. The molecule has 0 aliphatic rings. The number of hydrogen-bond donors (Lipinski definition) is 1. The van der Waals surface area contributed by atoms with E-state index in [1.54, 1.807) is 29.9 Å². The Morgan fingerprint density at radius 3 is 3.00 bits per heavy atom. The van der Waals surface area contributed by atoms with Gasteiger partial charge in [-0.15, -0.1) is 5.10 Å². The zero-order valence-corrected chi connectivity index (χ0v) is 9.94. The summed E-state index contributed by atoms with van der Waals surface area (Å²) in [7, 11) is 1.80. The van der Waals surface area contributed by atoms with Crippen molar-refractivity contribution in [2.24, 2.45) is 7.05 Å². The van der Waals surface area contributed by atoms with E-state index in [-0.39, 0.29) is 0 Å². The van der Waals surface area contributed by atoms with Crippen molar-refractivity contribution in [3.05, 3.63) is 40.7 Å². The van der Waals surface area contributed by atoms with Crippen LogP contribution in [0.5, 0.6) is 0 Å². The van der Waals surface area contributed by atoms with Gasteiger partial charge in [-0.25, -0.2) is 0 Å². The van der Waals surface area contributed by atoms with Crippen molar-refractivity contribution in [2.45, 2.75) is 6.54 Å². The number of nitrogens with one attached hydrogen (secondary N) is 1. The fraction of sp³-hybridized carbons (Fsp3) is 0.182. The van der Waals surface area contributed by atoms with Crippen LogP contribution in [-0.4, -0.2) is 15.0 Å². The Morgan fingerprint density at radius 1 is 1.53 bits per heavy atom. The lowest BCUT2D eigenvalue weighted by Gasteiger charge is -2.06. The molecule has 2 rings (SSSR count). The van der Waals surface area contributed by atoms with Gasteiger partial charge in [0.15, 0.2) is 0 Å². The van der Waals surface area contributed by atoms with E-state index in [2.05, 4.69) is 21.7 Å². The van der Waals surface area contributed by atoms with Crippen LogP contribution in [0, 0.1) is 11.3 Å². The van der Waals surface area contributed by atoms with Crippen molar-refractivity contribution in [3.63, 3.8) is 0 Å². The van der Waals surface area contributed by atoms with Crippen LogP contribution in [0.2, 0.25) is 5.02 Å². The molecule has 0 radical (unpaired) electrons. The van der Waals surface area contributed by atoms with E-state index < -0.39 is 0 Å². The predicted octanol–water partition coefficient (Wildman–Crippen LogP) is 1.95. The minimum Gasteiger partial charge on any atom is -0.378 e. The van der Waals surface area contributed by atoms with Gasteiger partial charge in [-0.3, -0.25) is 4.68 Å². The molecule has 0 aliphatic heterocycles. The van der Waals surface area contributed by atoms with Crippen LogP contribution in [0.25, 0.3) is 0 Å². The molecular formula is C11H10ClN5. The first-order chi connectivity index (χ1) is 8.19. The molecule has 0 saturated heterocycles. The summed E-state index contributed by atoms with van der Waals surface area (Å²) in [5.41, 5.74) is 2.06. The number of benzene rings is 1. The van der Waals surface area contributed by atoms with E-state index in [1.165, 1.54) is 0 Å². The zero-order valence-electron chi connectivity index (χ0n) is 9.18. The second-order valence-electron chi connectivity index (χ2n) is 3.54. The highest BCUT2D eigenvalue weighted by Crippen LogP contribution is 2.20. The average molecular weight is 248 g/mol. The maximum atomic E-state index is 8.95. The molecular weight excluding hydrogens is 238 g/mol. The normalized spacial score (nSPS) is 9.94. The number of halogens is 1. The molecule has 0 fully saturated rings. The number of anilines is 1. The molecule has 0 atom stereocenters. The fourth-order valence-electron chi connectivity index (χ4n) is 1.42. The van der Waals surface area contributed by atoms with Crippen LogP contribution in [0.15, 0.2) is 24.4 Å². The van der Waals surface area contributed by atoms with Crippen molar-refractivity contribution in [2.75, 3.05) is 5.32 Å². The summed E-state index contributed by atoms with van der Waals surface area (Å²) in [6, 6.07) is 7.19. The summed E-state index contributed by atoms with van der Waals surface area (Å²) in [6.07, 6.45) is 1.81. The van der Waals surface area contributed by atoms with Crippen LogP contribution >= 0.6 is 11.6 Å². The Morgan fingerprint density at radius 2 is 2.35 bits per heavy atom. The summed E-state index contributed by atoms with van der Waals surface area (Å²) in [6.45, 7) is 0.503. The van der Waals surface area contributed by atoms with Gasteiger partial charge in [0.2, 0.25) is 0 Å². The van der Waals surface area contributed by atoms with Gasteiger partial charge in [-0.1, -0.05) is 16.8 Å². The molecule has 86 valence electrons. The number of nitriles is 1. The van der Waals surface area contributed by atoms with Crippen molar-refractivity contribution in [1.29, 1.82) is 5.26 Å². The molecule has 5 nitrogen and oxygen atoms in total. The Labute approximate surface area is 104 Å². The Balaban J connectivity index is 2.13. The quantitative estimate of drug-likeness (QED) is 0.900. The Hall–Kier alpha value is -2.06. The third kappa shape index (κ3) is 2.74. The molecule has 0 saturated carbocycles. The van der Waals surface area contributed by atoms with Gasteiger partial charge in [0.05, 0.1) is 17.8 Å². The van der Waals surface area contributed by atoms with Crippen LogP contribution in [-0.2, 0) is 13.6 Å². The lowest BCUT2D eigenvalue weighted by atomic mass is 10.2. The maximum absolute atomic E-state index is 8.95. The topological polar surface area (TPSA) is 66.5 Å². The molecule has 1 aromatic heterocycles. The number of rotatable bonds is 3. The standard InChI is InChI=1S/C11H10ClN5/c1-17-7-10(15-16-17)6-14-11-4-9(12)3-2-8(11)5-13/h2-4,7,14H,6H2,1H3. The maximum Gasteiger partial charge on any atom is 0.102 e. The minimum atomic E-state index is 0.503. The highest BCUT2D eigenvalue weighted by molar-refractivity contribution is 6.30. The van der Waals surface area contributed by atoms with Gasteiger partial charge >= 0.3 is 0 Å². The number of hydrogen-bond acceptors (Lipinski definition) is 4. The van der Waals surface area contributed by atoms with E-state index in [1.807, 2.05) is 6.20 Å². The predicted molar refractivity (Wildman–Crippen MR) is 64.5 cm³/mol. The number of aromatic nitrogens is 3. The average Bonchev–Trinajstić information content (AvgIpc) is 2.73. The van der Waals surface area contributed by atoms with Crippen LogP contribution < -0.4 is 5.32 Å². The third-order valence-corrected chi connectivity index (χ3v) is 2.45. The Kier molecular flexibility index (Phi) is 3.26. The first-order valence-corrected chi connectivity index (χ1v) is 5.35. The minimum absolute atomic E-state index is 0.503. The molecule has 1 N–H and O–H groups in total. The van der Waals surface area contributed by atoms with E-state index in [0.717, 1.165) is 5.69 Å². The summed E-state index contributed by atoms with van der Waals surface area (Å²) in [4.78, 5) is 0. The first kappa shape index (κ1) is 11.4. The van der Waals surface area contributed by atoms with Crippen LogP contribution in [0.1, 0.15) is 11.3 Å². The first-order valence-electron chi connectivity index (χ1n) is 4.98. The fourth-order valence-corrected chi connectivity index (χ4v) is 1.59. The van der Waals surface area contributed by atoms with Gasteiger partial charge in [-0.05, 0) is 18.2 Å². The molecule has 1 heterocycles. The lowest BCUT2D eigenvalue weighted by Crippen LogP contribution is -2.01. The van der Waals surface area contributed by atoms with Gasteiger partial charge in [-0.2, -0.15) is 5.26 Å². The molecule has 1 aromatic carbocycles. The summed E-state index contributed by atoms with van der Waals surface area (Å²) < 4.78 is 1.63. The van der Waals surface area contributed by atoms with Crippen molar-refractivity contribution >= 4 is 17.3 Å². The number of nitrogens with zero attached hydrogens (tertiary/aromatic N) is 4. The van der Waals surface area contributed by atoms with Crippen molar-refractivity contribution in [3.8, 4) is 6.07 Å². The van der Waals surface area contributed by atoms with Gasteiger partial charge in [0.25, 0.3) is 0 Å². The molecule has 2 aromatic rings. The Bertz CT molecular complexity index is 569. The van der Waals surface area contributed by atoms with E-state index in [0.29, 0.717) is 22.8 Å². The SMILES string of the molecule is Cn1cc(CNc2cc(Cl)ccc2C#N)nn1. The highest BCUT2D eigenvalue weighted by atomic mass is 35.5. The molecule has 6 heteroatoms. The molecule has 0 amide bonds. The molecule has 0 bridgehead atoms. The van der Waals surface area contributed by atoms with Gasteiger partial charge in [0.1, 0.15) is 11.8 Å². The molecule has 0 unspecified atom stereocenters. The van der Waals surface area contributed by atoms with E-state index in [9.17, 15) is 0 Å². The summed E-state index contributed by atoms with van der Waals surface area (Å²) >= 11 is 5.88. The molecule has 17 heavy (non-hydrogen) atoms. The van der Waals surface area contributed by atoms with Crippen molar-refractivity contribution < 1.29 is 0 Å². The second-order valence-corrected chi connectivity index (χ2v) is 3.98. The summed E-state index contributed by atoms with van der Waals surface area (Å²) in [5, 5.41) is 20.4. The third-order valence-electron chi connectivity index (χ3n) is 2.21. The van der Waals surface area contributed by atoms with E-state index >= 15 is 0 Å². The largest absolute Gasteiger partial charge is 0.378 e. The van der Waals surface area contributed by atoms with Gasteiger partial charge < -0.3 is 5.32 Å². The monoisotopic (exact) mass is 247 g/mol. The molecule has 0 spiro atoms. The van der Waals surface area contributed by atoms with Crippen molar-refractivity contribution in [1.82, 2.24) is 15.0 Å². The second kappa shape index (κ2) is 4.85. The van der Waals surface area contributed by atoms with E-state index in [4.69, 9.17) is 16.9 Å². The lowest BCUT2D eigenvalue weighted by molar-refractivity contribution is 0.713. The zero-order chi connectivity index (χ0) is 12.3. The highest BCUT2D eigenvalue weighted by Gasteiger charge is 2.04. The number of aryl methyl sites for hydroxylation is 1. The molecule has 0 aliphatic carbocycles. The summed E-state index contributed by atoms with van der Waals surface area (Å²) in [5.74, 6) is 0. The van der Waals surface area contributed by atoms with Crippen LogP contribution in [0.3, 0.4) is 0 Å². The van der Waals surface area contributed by atoms with Gasteiger partial charge in [0, 0.05) is 18.3 Å².